The van der Waals surface area contributed by atoms with E-state index < -0.39 is 10.0 Å². The third-order valence-electron chi connectivity index (χ3n) is 4.47. The van der Waals surface area contributed by atoms with Gasteiger partial charge in [0.15, 0.2) is 0 Å². The number of ether oxygens (including phenoxy) is 2. The Hall–Kier alpha value is -2.07. The van der Waals surface area contributed by atoms with E-state index in [1.807, 2.05) is 30.3 Å². The molecule has 1 aliphatic rings. The van der Waals surface area contributed by atoms with E-state index in [1.165, 1.54) is 4.31 Å². The lowest BCUT2D eigenvalue weighted by Crippen LogP contribution is -2.40. The molecule has 1 fully saturated rings. The zero-order valence-electron chi connectivity index (χ0n) is 16.7. The maximum atomic E-state index is 12.6. The second-order valence-corrected chi connectivity index (χ2v) is 9.70. The molecule has 2 aromatic rings. The van der Waals surface area contributed by atoms with Crippen LogP contribution >= 0.6 is 11.8 Å². The van der Waals surface area contributed by atoms with Gasteiger partial charge in [0, 0.05) is 30.2 Å². The van der Waals surface area contributed by atoms with Crippen molar-refractivity contribution in [2.24, 2.45) is 0 Å². The van der Waals surface area contributed by atoms with Crippen molar-refractivity contribution in [2.45, 2.75) is 16.2 Å². The molecule has 0 spiro atoms. The van der Waals surface area contributed by atoms with Crippen LogP contribution in [0.2, 0.25) is 0 Å². The van der Waals surface area contributed by atoms with Crippen LogP contribution in [-0.4, -0.2) is 63.8 Å². The molecular formula is C21H26N2O5S2. The Bertz CT molecular complexity index is 899. The van der Waals surface area contributed by atoms with Gasteiger partial charge in [-0.25, -0.2) is 8.42 Å². The van der Waals surface area contributed by atoms with Crippen LogP contribution in [0.15, 0.2) is 64.4 Å². The van der Waals surface area contributed by atoms with Crippen LogP contribution in [0, 0.1) is 0 Å². The van der Waals surface area contributed by atoms with E-state index in [2.05, 4.69) is 5.32 Å². The van der Waals surface area contributed by atoms with Crippen LogP contribution in [0.1, 0.15) is 6.42 Å². The molecule has 2 aromatic carbocycles. The van der Waals surface area contributed by atoms with Gasteiger partial charge < -0.3 is 14.8 Å². The molecule has 3 rings (SSSR count). The fraction of sp³-hybridized carbons (Fsp3) is 0.381. The van der Waals surface area contributed by atoms with Crippen molar-refractivity contribution in [3.63, 3.8) is 0 Å². The van der Waals surface area contributed by atoms with Gasteiger partial charge in [-0.2, -0.15) is 4.31 Å². The summed E-state index contributed by atoms with van der Waals surface area (Å²) in [5, 5.41) is 2.83. The summed E-state index contributed by atoms with van der Waals surface area (Å²) < 4.78 is 37.4. The number of nitrogens with zero attached hydrogens (tertiary/aromatic N) is 1. The Morgan fingerprint density at radius 3 is 2.47 bits per heavy atom. The second kappa shape index (κ2) is 11.4. The fourth-order valence-corrected chi connectivity index (χ4v) is 5.15. The largest absolute Gasteiger partial charge is 0.492 e. The van der Waals surface area contributed by atoms with E-state index in [0.29, 0.717) is 51.6 Å². The van der Waals surface area contributed by atoms with E-state index in [9.17, 15) is 13.2 Å². The third kappa shape index (κ3) is 6.73. The van der Waals surface area contributed by atoms with Gasteiger partial charge in [0.1, 0.15) is 12.4 Å². The highest BCUT2D eigenvalue weighted by Gasteiger charge is 2.26. The molecule has 162 valence electrons. The molecule has 0 aliphatic carbocycles. The predicted octanol–water partition coefficient (Wildman–Crippen LogP) is 2.38. The number of amides is 1. The van der Waals surface area contributed by atoms with Crippen LogP contribution in [-0.2, 0) is 19.6 Å². The molecule has 1 amide bonds. The molecule has 30 heavy (non-hydrogen) atoms. The number of carbonyl (C=O) groups excluding carboxylic acids is 1. The molecule has 7 nitrogen and oxygen atoms in total. The number of sulfonamides is 1. The van der Waals surface area contributed by atoms with Crippen molar-refractivity contribution >= 4 is 27.7 Å². The van der Waals surface area contributed by atoms with Gasteiger partial charge in [-0.3, -0.25) is 4.79 Å². The van der Waals surface area contributed by atoms with Gasteiger partial charge >= 0.3 is 0 Å². The van der Waals surface area contributed by atoms with Gasteiger partial charge in [-0.05, 0) is 36.4 Å². The summed E-state index contributed by atoms with van der Waals surface area (Å²) in [5.74, 6) is 1.26. The molecule has 9 heteroatoms. The summed E-state index contributed by atoms with van der Waals surface area (Å²) in [6, 6.07) is 16.3. The highest BCUT2D eigenvalue weighted by Crippen LogP contribution is 2.20. The number of nitrogens with one attached hydrogen (secondary N) is 1. The lowest BCUT2D eigenvalue weighted by Gasteiger charge is -2.26. The molecule has 0 bridgehead atoms. The molecule has 1 N–H and O–H groups in total. The zero-order chi connectivity index (χ0) is 21.2. The molecule has 0 unspecified atom stereocenters. The Morgan fingerprint density at radius 2 is 1.77 bits per heavy atom. The minimum Gasteiger partial charge on any atom is -0.492 e. The standard InChI is InChI=1S/C21H26N2O5S2/c24-21(10-17-29-19-4-2-1-3-5-19)22-11-14-28-18-6-8-20(9-7-18)30(25,26)23-12-15-27-16-13-23/h1-9H,10-17H2,(H,22,24). The molecule has 0 radical (unpaired) electrons. The monoisotopic (exact) mass is 450 g/mol. The summed E-state index contributed by atoms with van der Waals surface area (Å²) >= 11 is 1.65. The van der Waals surface area contributed by atoms with Crippen molar-refractivity contribution in [3.05, 3.63) is 54.6 Å². The Morgan fingerprint density at radius 1 is 1.07 bits per heavy atom. The second-order valence-electron chi connectivity index (χ2n) is 6.60. The number of thioether (sulfide) groups is 1. The van der Waals surface area contributed by atoms with Crippen molar-refractivity contribution in [2.75, 3.05) is 45.2 Å². The third-order valence-corrected chi connectivity index (χ3v) is 7.39. The summed E-state index contributed by atoms with van der Waals surface area (Å²) in [5.41, 5.74) is 0. The first-order valence-corrected chi connectivity index (χ1v) is 12.2. The van der Waals surface area contributed by atoms with Gasteiger partial charge in [0.05, 0.1) is 24.7 Å². The van der Waals surface area contributed by atoms with Crippen LogP contribution in [0.4, 0.5) is 0 Å². The van der Waals surface area contributed by atoms with Crippen LogP contribution in [0.25, 0.3) is 0 Å². The summed E-state index contributed by atoms with van der Waals surface area (Å²) in [4.78, 5) is 13.3. The molecule has 1 aliphatic heterocycles. The van der Waals surface area contributed by atoms with Crippen molar-refractivity contribution < 1.29 is 22.7 Å². The summed E-state index contributed by atoms with van der Waals surface area (Å²) in [6.45, 7) is 2.26. The summed E-state index contributed by atoms with van der Waals surface area (Å²) in [7, 11) is -3.51. The molecule has 0 saturated carbocycles. The molecule has 1 saturated heterocycles. The minimum absolute atomic E-state index is 0.0195. The average Bonchev–Trinajstić information content (AvgIpc) is 2.78. The van der Waals surface area contributed by atoms with E-state index >= 15 is 0 Å². The number of hydrogen-bond donors (Lipinski definition) is 1. The minimum atomic E-state index is -3.51. The van der Waals surface area contributed by atoms with E-state index in [4.69, 9.17) is 9.47 Å². The highest BCUT2D eigenvalue weighted by molar-refractivity contribution is 7.99. The van der Waals surface area contributed by atoms with Gasteiger partial charge in [-0.1, -0.05) is 18.2 Å². The number of benzene rings is 2. The Labute approximate surface area is 181 Å². The maximum absolute atomic E-state index is 12.6. The Kier molecular flexibility index (Phi) is 8.56. The number of hydrogen-bond acceptors (Lipinski definition) is 6. The van der Waals surface area contributed by atoms with Crippen LogP contribution < -0.4 is 10.1 Å². The smallest absolute Gasteiger partial charge is 0.243 e. The van der Waals surface area contributed by atoms with Crippen LogP contribution in [0.5, 0.6) is 5.75 Å². The Balaban J connectivity index is 1.35. The van der Waals surface area contributed by atoms with Crippen molar-refractivity contribution in [3.8, 4) is 5.75 Å². The number of rotatable bonds is 10. The number of morpholine rings is 1. The van der Waals surface area contributed by atoms with Crippen molar-refractivity contribution in [1.29, 1.82) is 0 Å². The highest BCUT2D eigenvalue weighted by atomic mass is 32.2. The van der Waals surface area contributed by atoms with Crippen LogP contribution in [0.3, 0.4) is 0 Å². The predicted molar refractivity (Wildman–Crippen MR) is 116 cm³/mol. The zero-order valence-corrected chi connectivity index (χ0v) is 18.3. The topological polar surface area (TPSA) is 84.9 Å². The lowest BCUT2D eigenvalue weighted by molar-refractivity contribution is -0.120. The molecular weight excluding hydrogens is 424 g/mol. The molecule has 0 aromatic heterocycles. The maximum Gasteiger partial charge on any atom is 0.243 e. The number of carbonyl (C=O) groups is 1. The van der Waals surface area contributed by atoms with E-state index in [-0.39, 0.29) is 10.8 Å². The molecule has 1 heterocycles. The first-order valence-electron chi connectivity index (χ1n) is 9.81. The molecule has 0 atom stereocenters. The van der Waals surface area contributed by atoms with Gasteiger partial charge in [-0.15, -0.1) is 11.8 Å². The summed E-state index contributed by atoms with van der Waals surface area (Å²) in [6.07, 6.45) is 0.438. The first-order chi connectivity index (χ1) is 14.6. The lowest BCUT2D eigenvalue weighted by atomic mass is 10.3. The van der Waals surface area contributed by atoms with E-state index in [1.54, 1.807) is 36.0 Å². The van der Waals surface area contributed by atoms with Crippen molar-refractivity contribution in [1.82, 2.24) is 9.62 Å². The van der Waals surface area contributed by atoms with E-state index in [0.717, 1.165) is 10.6 Å². The normalized spacial score (nSPS) is 14.9. The SMILES string of the molecule is O=C(CCSc1ccccc1)NCCOc1ccc(S(=O)(=O)N2CCOCC2)cc1. The van der Waals surface area contributed by atoms with Gasteiger partial charge in [0.2, 0.25) is 15.9 Å². The average molecular weight is 451 g/mol. The first kappa shape index (κ1) is 22.6. The van der Waals surface area contributed by atoms with Gasteiger partial charge in [0.25, 0.3) is 0 Å². The fourth-order valence-electron chi connectivity index (χ4n) is 2.87. The quantitative estimate of drug-likeness (QED) is 0.442.